The van der Waals surface area contributed by atoms with E-state index >= 15 is 0 Å². The van der Waals surface area contributed by atoms with Crippen molar-refractivity contribution in [2.45, 2.75) is 58.7 Å². The fraction of sp³-hybridized carbons (Fsp3) is 0.652. The molecule has 1 atom stereocenters. The lowest BCUT2D eigenvalue weighted by Crippen LogP contribution is -2.50. The molecule has 0 spiro atoms. The first-order valence-electron chi connectivity index (χ1n) is 11.2. The van der Waals surface area contributed by atoms with Crippen LogP contribution in [0.4, 0.5) is 4.79 Å². The van der Waals surface area contributed by atoms with E-state index in [0.29, 0.717) is 18.7 Å². The standard InChI is InChI=1S/C23H39N5O2.HI/c1-5-24-22(26-21-13-16-28(17-14-21)23(29)30-6-2)25-15-12-19(3)27(4)18-20-10-8-7-9-11-20;/h7-11,19,21H,5-6,12-18H2,1-4H3,(H2,24,25,26);1H. The maximum absolute atomic E-state index is 11.8. The number of piperidine rings is 1. The molecule has 2 N–H and O–H groups in total. The number of benzene rings is 1. The molecule has 1 heterocycles. The van der Waals surface area contributed by atoms with Crippen LogP contribution in [0.15, 0.2) is 35.3 Å². The zero-order valence-electron chi connectivity index (χ0n) is 19.5. The molecule has 0 aliphatic carbocycles. The molecule has 7 nitrogen and oxygen atoms in total. The molecular formula is C23H40IN5O2. The highest BCUT2D eigenvalue weighted by Gasteiger charge is 2.24. The van der Waals surface area contributed by atoms with Crippen LogP contribution in [0.25, 0.3) is 0 Å². The third-order valence-corrected chi connectivity index (χ3v) is 5.55. The van der Waals surface area contributed by atoms with Gasteiger partial charge in [-0.2, -0.15) is 0 Å². The minimum atomic E-state index is -0.204. The van der Waals surface area contributed by atoms with Crippen LogP contribution in [0.2, 0.25) is 0 Å². The number of rotatable bonds is 9. The van der Waals surface area contributed by atoms with Gasteiger partial charge in [-0.3, -0.25) is 9.89 Å². The minimum absolute atomic E-state index is 0. The maximum Gasteiger partial charge on any atom is 0.409 e. The number of ether oxygens (including phenoxy) is 1. The van der Waals surface area contributed by atoms with Crippen LogP contribution in [-0.4, -0.2) is 73.8 Å². The molecule has 8 heteroatoms. The van der Waals surface area contributed by atoms with Gasteiger partial charge in [-0.15, -0.1) is 24.0 Å². The zero-order chi connectivity index (χ0) is 21.8. The molecule has 1 aliphatic heterocycles. The number of carbonyl (C=O) groups excluding carboxylic acids is 1. The summed E-state index contributed by atoms with van der Waals surface area (Å²) in [4.78, 5) is 20.8. The molecule has 31 heavy (non-hydrogen) atoms. The highest BCUT2D eigenvalue weighted by molar-refractivity contribution is 14.0. The molecule has 1 fully saturated rings. The Morgan fingerprint density at radius 1 is 1.26 bits per heavy atom. The van der Waals surface area contributed by atoms with E-state index in [1.165, 1.54) is 5.56 Å². The van der Waals surface area contributed by atoms with Gasteiger partial charge in [0.15, 0.2) is 5.96 Å². The predicted octanol–water partition coefficient (Wildman–Crippen LogP) is 3.69. The topological polar surface area (TPSA) is 69.2 Å². The van der Waals surface area contributed by atoms with E-state index in [0.717, 1.165) is 57.9 Å². The van der Waals surface area contributed by atoms with E-state index in [1.807, 2.05) is 6.92 Å². The fourth-order valence-electron chi connectivity index (χ4n) is 3.55. The van der Waals surface area contributed by atoms with Crippen molar-refractivity contribution >= 4 is 36.0 Å². The molecule has 0 bridgehead atoms. The van der Waals surface area contributed by atoms with E-state index in [9.17, 15) is 4.79 Å². The van der Waals surface area contributed by atoms with Gasteiger partial charge in [0, 0.05) is 44.8 Å². The lowest BCUT2D eigenvalue weighted by atomic mass is 10.1. The van der Waals surface area contributed by atoms with Crippen LogP contribution in [0.3, 0.4) is 0 Å². The molecule has 1 aromatic rings. The van der Waals surface area contributed by atoms with Gasteiger partial charge in [0.2, 0.25) is 0 Å². The normalized spacial score (nSPS) is 15.9. The number of likely N-dealkylation sites (tertiary alicyclic amines) is 1. The summed E-state index contributed by atoms with van der Waals surface area (Å²) in [5.41, 5.74) is 1.33. The van der Waals surface area contributed by atoms with E-state index in [1.54, 1.807) is 4.90 Å². The summed E-state index contributed by atoms with van der Waals surface area (Å²) < 4.78 is 5.09. The van der Waals surface area contributed by atoms with Gasteiger partial charge in [-0.25, -0.2) is 4.79 Å². The Balaban J connectivity index is 0.00000480. The lowest BCUT2D eigenvalue weighted by Gasteiger charge is -2.32. The lowest BCUT2D eigenvalue weighted by molar-refractivity contribution is 0.0963. The van der Waals surface area contributed by atoms with Crippen LogP contribution in [0.5, 0.6) is 0 Å². The maximum atomic E-state index is 11.8. The monoisotopic (exact) mass is 545 g/mol. The first-order valence-corrected chi connectivity index (χ1v) is 11.2. The summed E-state index contributed by atoms with van der Waals surface area (Å²) >= 11 is 0. The summed E-state index contributed by atoms with van der Waals surface area (Å²) in [6, 6.07) is 11.3. The second-order valence-corrected chi connectivity index (χ2v) is 7.90. The van der Waals surface area contributed by atoms with Crippen LogP contribution in [0.1, 0.15) is 45.6 Å². The predicted molar refractivity (Wildman–Crippen MR) is 138 cm³/mol. The largest absolute Gasteiger partial charge is 0.450 e. The van der Waals surface area contributed by atoms with Crippen LogP contribution < -0.4 is 10.6 Å². The highest BCUT2D eigenvalue weighted by atomic mass is 127. The van der Waals surface area contributed by atoms with Crippen LogP contribution in [0, 0.1) is 0 Å². The van der Waals surface area contributed by atoms with Gasteiger partial charge < -0.3 is 20.3 Å². The Bertz CT molecular complexity index is 651. The molecule has 176 valence electrons. The molecule has 1 amide bonds. The van der Waals surface area contributed by atoms with Crippen molar-refractivity contribution in [3.8, 4) is 0 Å². The molecule has 0 aromatic heterocycles. The third-order valence-electron chi connectivity index (χ3n) is 5.55. The average molecular weight is 546 g/mol. The van der Waals surface area contributed by atoms with Crippen LogP contribution >= 0.6 is 24.0 Å². The number of hydrogen-bond acceptors (Lipinski definition) is 4. The summed E-state index contributed by atoms with van der Waals surface area (Å²) in [6.45, 7) is 10.6. The Hall–Kier alpha value is -1.55. The number of amides is 1. The van der Waals surface area contributed by atoms with Gasteiger partial charge in [-0.05, 0) is 52.6 Å². The van der Waals surface area contributed by atoms with Gasteiger partial charge in [0.25, 0.3) is 0 Å². The summed E-state index contributed by atoms with van der Waals surface area (Å²) in [6.07, 6.45) is 2.60. The van der Waals surface area contributed by atoms with E-state index < -0.39 is 0 Å². The average Bonchev–Trinajstić information content (AvgIpc) is 2.75. The van der Waals surface area contributed by atoms with Crippen molar-refractivity contribution in [2.24, 2.45) is 4.99 Å². The zero-order valence-corrected chi connectivity index (χ0v) is 21.8. The molecular weight excluding hydrogens is 505 g/mol. The number of aliphatic imine (C=N–C) groups is 1. The Labute approximate surface area is 205 Å². The van der Waals surface area contributed by atoms with Crippen LogP contribution in [-0.2, 0) is 11.3 Å². The minimum Gasteiger partial charge on any atom is -0.450 e. The van der Waals surface area contributed by atoms with E-state index in [-0.39, 0.29) is 30.1 Å². The quantitative estimate of drug-likeness (QED) is 0.282. The number of nitrogens with zero attached hydrogens (tertiary/aromatic N) is 3. The highest BCUT2D eigenvalue weighted by Crippen LogP contribution is 2.12. The first-order chi connectivity index (χ1) is 14.5. The van der Waals surface area contributed by atoms with Gasteiger partial charge in [0.05, 0.1) is 6.61 Å². The molecule has 0 radical (unpaired) electrons. The van der Waals surface area contributed by atoms with Crippen molar-refractivity contribution in [1.29, 1.82) is 0 Å². The fourth-order valence-corrected chi connectivity index (χ4v) is 3.55. The summed E-state index contributed by atoms with van der Waals surface area (Å²) in [5.74, 6) is 0.866. The number of hydrogen-bond donors (Lipinski definition) is 2. The molecule has 2 rings (SSSR count). The van der Waals surface area contributed by atoms with Gasteiger partial charge in [0.1, 0.15) is 0 Å². The number of guanidine groups is 1. The first kappa shape index (κ1) is 27.5. The second-order valence-electron chi connectivity index (χ2n) is 7.90. The van der Waals surface area contributed by atoms with Gasteiger partial charge >= 0.3 is 6.09 Å². The Morgan fingerprint density at radius 2 is 1.94 bits per heavy atom. The van der Waals surface area contributed by atoms with E-state index in [2.05, 4.69) is 66.8 Å². The molecule has 1 saturated heterocycles. The Kier molecular flexibility index (Phi) is 13.6. The van der Waals surface area contributed by atoms with Crippen molar-refractivity contribution in [1.82, 2.24) is 20.4 Å². The van der Waals surface area contributed by atoms with Crippen molar-refractivity contribution in [2.75, 3.05) is 39.8 Å². The summed E-state index contributed by atoms with van der Waals surface area (Å²) in [5, 5.41) is 6.88. The Morgan fingerprint density at radius 3 is 2.55 bits per heavy atom. The smallest absolute Gasteiger partial charge is 0.409 e. The van der Waals surface area contributed by atoms with Crippen molar-refractivity contribution < 1.29 is 9.53 Å². The molecule has 1 aliphatic rings. The van der Waals surface area contributed by atoms with Crippen molar-refractivity contribution in [3.63, 3.8) is 0 Å². The number of nitrogens with one attached hydrogen (secondary N) is 2. The van der Waals surface area contributed by atoms with E-state index in [4.69, 9.17) is 9.73 Å². The molecule has 1 unspecified atom stereocenters. The molecule has 1 aromatic carbocycles. The van der Waals surface area contributed by atoms with Crippen molar-refractivity contribution in [3.05, 3.63) is 35.9 Å². The summed E-state index contributed by atoms with van der Waals surface area (Å²) in [7, 11) is 2.17. The number of halogens is 1. The van der Waals surface area contributed by atoms with Gasteiger partial charge in [-0.1, -0.05) is 30.3 Å². The number of carbonyl (C=O) groups is 1. The molecule has 0 saturated carbocycles. The SMILES string of the molecule is CCNC(=NCCC(C)N(C)Cc1ccccc1)NC1CCN(C(=O)OCC)CC1.I. The third kappa shape index (κ3) is 10.1. The second kappa shape index (κ2) is 15.3.